The van der Waals surface area contributed by atoms with Gasteiger partial charge in [0.05, 0.1) is 0 Å². The summed E-state index contributed by atoms with van der Waals surface area (Å²) in [7, 11) is 0. The van der Waals surface area contributed by atoms with Gasteiger partial charge < -0.3 is 5.11 Å². The van der Waals surface area contributed by atoms with Gasteiger partial charge in [0.1, 0.15) is 0 Å². The van der Waals surface area contributed by atoms with Gasteiger partial charge in [-0.1, -0.05) is 20.8 Å². The van der Waals surface area contributed by atoms with E-state index < -0.39 is 5.97 Å². The van der Waals surface area contributed by atoms with Crippen LogP contribution in [0.2, 0.25) is 0 Å². The molecule has 2 rings (SSSR count). The molecular formula is C13H22O2. The molecule has 2 fully saturated rings. The monoisotopic (exact) mass is 210 g/mol. The molecule has 2 heteroatoms. The van der Waals surface area contributed by atoms with Crippen LogP contribution < -0.4 is 0 Å². The molecule has 0 aromatic carbocycles. The molecule has 0 aromatic rings. The van der Waals surface area contributed by atoms with Crippen molar-refractivity contribution in [2.75, 3.05) is 0 Å². The fourth-order valence-corrected chi connectivity index (χ4v) is 4.10. The first-order chi connectivity index (χ1) is 6.88. The maximum Gasteiger partial charge on any atom is 0.303 e. The largest absolute Gasteiger partial charge is 0.481 e. The zero-order valence-electron chi connectivity index (χ0n) is 10.0. The summed E-state index contributed by atoms with van der Waals surface area (Å²) in [6.07, 6.45) is 5.15. The second-order valence-electron chi connectivity index (χ2n) is 6.24. The molecule has 2 aliphatic rings. The van der Waals surface area contributed by atoms with Crippen LogP contribution >= 0.6 is 0 Å². The van der Waals surface area contributed by atoms with Crippen LogP contribution in [0.3, 0.4) is 0 Å². The molecule has 0 aromatic heterocycles. The lowest BCUT2D eigenvalue weighted by Crippen LogP contribution is -2.32. The van der Waals surface area contributed by atoms with Crippen LogP contribution in [0.15, 0.2) is 0 Å². The Bertz CT molecular complexity index is 282. The zero-order chi connectivity index (χ0) is 11.3. The van der Waals surface area contributed by atoms with Gasteiger partial charge in [-0.3, -0.25) is 4.79 Å². The molecule has 0 spiro atoms. The maximum atomic E-state index is 10.6. The number of hydrogen-bond acceptors (Lipinski definition) is 1. The quantitative estimate of drug-likeness (QED) is 0.776. The minimum Gasteiger partial charge on any atom is -0.481 e. The van der Waals surface area contributed by atoms with Crippen molar-refractivity contribution in [2.45, 2.75) is 52.9 Å². The first-order valence-electron chi connectivity index (χ1n) is 6.10. The van der Waals surface area contributed by atoms with Crippen LogP contribution in [0, 0.1) is 22.7 Å². The SMILES string of the molecule is CC1(C)[C@H]2CC[C@@]1(C)[C@@H](CCC(=O)O)C2. The van der Waals surface area contributed by atoms with E-state index >= 15 is 0 Å². The van der Waals surface area contributed by atoms with E-state index in [1.165, 1.54) is 19.3 Å². The first-order valence-corrected chi connectivity index (χ1v) is 6.10. The molecule has 2 aliphatic carbocycles. The third-order valence-electron chi connectivity index (χ3n) is 5.68. The van der Waals surface area contributed by atoms with Crippen molar-refractivity contribution in [1.29, 1.82) is 0 Å². The Morgan fingerprint density at radius 1 is 1.40 bits per heavy atom. The molecule has 86 valence electrons. The fourth-order valence-electron chi connectivity index (χ4n) is 4.10. The van der Waals surface area contributed by atoms with Gasteiger partial charge in [-0.25, -0.2) is 0 Å². The van der Waals surface area contributed by atoms with Gasteiger partial charge in [0.2, 0.25) is 0 Å². The minimum absolute atomic E-state index is 0.350. The van der Waals surface area contributed by atoms with Crippen LogP contribution in [0.4, 0.5) is 0 Å². The smallest absolute Gasteiger partial charge is 0.303 e. The summed E-state index contributed by atoms with van der Waals surface area (Å²) in [4.78, 5) is 10.6. The summed E-state index contributed by atoms with van der Waals surface area (Å²) in [5, 5.41) is 8.76. The van der Waals surface area contributed by atoms with Crippen molar-refractivity contribution in [2.24, 2.45) is 22.7 Å². The van der Waals surface area contributed by atoms with E-state index in [4.69, 9.17) is 5.11 Å². The van der Waals surface area contributed by atoms with Crippen molar-refractivity contribution in [1.82, 2.24) is 0 Å². The molecule has 2 saturated carbocycles. The van der Waals surface area contributed by atoms with E-state index in [1.54, 1.807) is 0 Å². The molecule has 0 aliphatic heterocycles. The highest BCUT2D eigenvalue weighted by atomic mass is 16.4. The predicted molar refractivity (Wildman–Crippen MR) is 59.6 cm³/mol. The summed E-state index contributed by atoms with van der Waals surface area (Å²) in [6.45, 7) is 7.14. The Hall–Kier alpha value is -0.530. The fraction of sp³-hybridized carbons (Fsp3) is 0.923. The van der Waals surface area contributed by atoms with Gasteiger partial charge in [0, 0.05) is 6.42 Å². The number of carboxylic acids is 1. The lowest BCUT2D eigenvalue weighted by molar-refractivity contribution is -0.137. The molecule has 2 bridgehead atoms. The van der Waals surface area contributed by atoms with E-state index in [1.807, 2.05) is 0 Å². The Kier molecular flexibility index (Phi) is 2.36. The molecule has 0 saturated heterocycles. The van der Waals surface area contributed by atoms with E-state index in [0.29, 0.717) is 23.2 Å². The van der Waals surface area contributed by atoms with Gasteiger partial charge in [0.15, 0.2) is 0 Å². The second-order valence-corrected chi connectivity index (χ2v) is 6.24. The second kappa shape index (κ2) is 3.23. The third kappa shape index (κ3) is 1.41. The molecule has 0 unspecified atom stereocenters. The maximum absolute atomic E-state index is 10.6. The minimum atomic E-state index is -0.640. The molecule has 15 heavy (non-hydrogen) atoms. The Morgan fingerprint density at radius 3 is 2.47 bits per heavy atom. The number of carbonyl (C=O) groups is 1. The van der Waals surface area contributed by atoms with Gasteiger partial charge >= 0.3 is 5.97 Å². The van der Waals surface area contributed by atoms with Crippen LogP contribution in [-0.2, 0) is 4.79 Å². The average molecular weight is 210 g/mol. The molecule has 0 heterocycles. The number of fused-ring (bicyclic) bond motifs is 2. The van der Waals surface area contributed by atoms with Crippen molar-refractivity contribution < 1.29 is 9.90 Å². The van der Waals surface area contributed by atoms with Gasteiger partial charge in [-0.05, 0) is 48.3 Å². The van der Waals surface area contributed by atoms with Crippen molar-refractivity contribution in [3.8, 4) is 0 Å². The third-order valence-corrected chi connectivity index (χ3v) is 5.68. The van der Waals surface area contributed by atoms with Crippen LogP contribution in [0.5, 0.6) is 0 Å². The topological polar surface area (TPSA) is 37.3 Å². The summed E-state index contributed by atoms with van der Waals surface area (Å²) >= 11 is 0. The summed E-state index contributed by atoms with van der Waals surface area (Å²) < 4.78 is 0. The first kappa shape index (κ1) is 11.0. The molecule has 0 radical (unpaired) electrons. The lowest BCUT2D eigenvalue weighted by Gasteiger charge is -2.39. The highest BCUT2D eigenvalue weighted by molar-refractivity contribution is 5.66. The van der Waals surface area contributed by atoms with E-state index in [0.717, 1.165) is 12.3 Å². The lowest BCUT2D eigenvalue weighted by atomic mass is 9.66. The van der Waals surface area contributed by atoms with Crippen molar-refractivity contribution >= 4 is 5.97 Å². The molecule has 0 amide bonds. The standard InChI is InChI=1S/C13H22O2/c1-12(2)9-6-7-13(12,3)10(8-9)4-5-11(14)15/h9-10H,4-8H2,1-3H3,(H,14,15)/t9-,10-,13-/m0/s1. The number of rotatable bonds is 3. The van der Waals surface area contributed by atoms with Crippen molar-refractivity contribution in [3.63, 3.8) is 0 Å². The van der Waals surface area contributed by atoms with Crippen LogP contribution in [-0.4, -0.2) is 11.1 Å². The van der Waals surface area contributed by atoms with E-state index in [9.17, 15) is 4.79 Å². The molecule has 1 N–H and O–H groups in total. The highest BCUT2D eigenvalue weighted by Crippen LogP contribution is 2.68. The Morgan fingerprint density at radius 2 is 2.07 bits per heavy atom. The predicted octanol–water partition coefficient (Wildman–Crippen LogP) is 3.31. The Balaban J connectivity index is 2.09. The summed E-state index contributed by atoms with van der Waals surface area (Å²) in [6, 6.07) is 0. The zero-order valence-corrected chi connectivity index (χ0v) is 10.0. The normalized spacial score (nSPS) is 42.1. The van der Waals surface area contributed by atoms with Gasteiger partial charge in [-0.2, -0.15) is 0 Å². The van der Waals surface area contributed by atoms with Crippen molar-refractivity contribution in [3.05, 3.63) is 0 Å². The number of carboxylic acid groups (broad SMARTS) is 1. The van der Waals surface area contributed by atoms with E-state index in [2.05, 4.69) is 20.8 Å². The van der Waals surface area contributed by atoms with E-state index in [-0.39, 0.29) is 0 Å². The van der Waals surface area contributed by atoms with Gasteiger partial charge in [0.25, 0.3) is 0 Å². The summed E-state index contributed by atoms with van der Waals surface area (Å²) in [5.41, 5.74) is 0.823. The molecular weight excluding hydrogens is 188 g/mol. The number of hydrogen-bond donors (Lipinski definition) is 1. The Labute approximate surface area is 92.1 Å². The average Bonchev–Trinajstić information content (AvgIpc) is 2.46. The highest BCUT2D eigenvalue weighted by Gasteiger charge is 2.60. The van der Waals surface area contributed by atoms with Crippen LogP contribution in [0.1, 0.15) is 52.9 Å². The number of aliphatic carboxylic acids is 1. The summed E-state index contributed by atoms with van der Waals surface area (Å²) in [5.74, 6) is 0.836. The van der Waals surface area contributed by atoms with Gasteiger partial charge in [-0.15, -0.1) is 0 Å². The molecule has 3 atom stereocenters. The van der Waals surface area contributed by atoms with Crippen LogP contribution in [0.25, 0.3) is 0 Å². The molecule has 2 nitrogen and oxygen atoms in total.